The van der Waals surface area contributed by atoms with Gasteiger partial charge in [-0.05, 0) is 42.9 Å². The van der Waals surface area contributed by atoms with Crippen LogP contribution >= 0.6 is 0 Å². The van der Waals surface area contributed by atoms with Crippen molar-refractivity contribution in [3.63, 3.8) is 0 Å². The highest BCUT2D eigenvalue weighted by atomic mass is 16.3. The Bertz CT molecular complexity index is 400. The van der Waals surface area contributed by atoms with Crippen LogP contribution in [-0.4, -0.2) is 17.7 Å². The van der Waals surface area contributed by atoms with Crippen molar-refractivity contribution in [3.05, 3.63) is 35.4 Å². The first-order valence-corrected chi connectivity index (χ1v) is 8.16. The largest absolute Gasteiger partial charge is 0.388 e. The lowest BCUT2D eigenvalue weighted by molar-refractivity contribution is 0.0779. The van der Waals surface area contributed by atoms with E-state index in [-0.39, 0.29) is 12.0 Å². The lowest BCUT2D eigenvalue weighted by Gasteiger charge is -2.36. The van der Waals surface area contributed by atoms with Gasteiger partial charge in [-0.3, -0.25) is 0 Å². The van der Waals surface area contributed by atoms with Gasteiger partial charge in [0.05, 0.1) is 6.10 Å². The summed E-state index contributed by atoms with van der Waals surface area (Å²) in [7, 11) is 0. The molecule has 2 N–H and O–H groups in total. The summed E-state index contributed by atoms with van der Waals surface area (Å²) in [6.07, 6.45) is 4.41. The van der Waals surface area contributed by atoms with Crippen molar-refractivity contribution < 1.29 is 5.11 Å². The maximum absolute atomic E-state index is 10.6. The molecule has 0 aliphatic carbocycles. The maximum Gasteiger partial charge on any atom is 0.0830 e. The van der Waals surface area contributed by atoms with E-state index in [1.54, 1.807) is 0 Å². The lowest BCUT2D eigenvalue weighted by Crippen LogP contribution is -2.43. The van der Waals surface area contributed by atoms with Gasteiger partial charge in [0.1, 0.15) is 0 Å². The lowest BCUT2D eigenvalue weighted by atomic mass is 9.81. The molecule has 0 aromatic heterocycles. The van der Waals surface area contributed by atoms with E-state index in [1.807, 2.05) is 0 Å². The minimum atomic E-state index is -0.367. The fourth-order valence-electron chi connectivity index (χ4n) is 3.28. The average Bonchev–Trinajstić information content (AvgIpc) is 2.53. The zero-order valence-corrected chi connectivity index (χ0v) is 13.1. The Morgan fingerprint density at radius 1 is 1.25 bits per heavy atom. The third kappa shape index (κ3) is 3.62. The van der Waals surface area contributed by atoms with Gasteiger partial charge in [0.15, 0.2) is 0 Å². The quantitative estimate of drug-likeness (QED) is 0.859. The van der Waals surface area contributed by atoms with Crippen LogP contribution in [0.15, 0.2) is 24.3 Å². The molecule has 0 bridgehead atoms. The molecule has 0 saturated carbocycles. The number of rotatable bonds is 5. The molecule has 1 aromatic rings. The van der Waals surface area contributed by atoms with Crippen molar-refractivity contribution in [1.29, 1.82) is 0 Å². The summed E-state index contributed by atoms with van der Waals surface area (Å²) >= 11 is 0. The van der Waals surface area contributed by atoms with Crippen molar-refractivity contribution in [2.75, 3.05) is 6.54 Å². The van der Waals surface area contributed by atoms with Crippen molar-refractivity contribution in [2.24, 2.45) is 11.8 Å². The fraction of sp³-hybridized carbons (Fsp3) is 0.667. The van der Waals surface area contributed by atoms with Crippen molar-refractivity contribution in [3.8, 4) is 0 Å². The Labute approximate surface area is 123 Å². The molecule has 1 aliphatic rings. The van der Waals surface area contributed by atoms with Gasteiger partial charge in [-0.1, -0.05) is 51.5 Å². The van der Waals surface area contributed by atoms with Crippen LogP contribution in [0.1, 0.15) is 57.3 Å². The number of aliphatic hydroxyl groups excluding tert-OH is 1. The maximum atomic E-state index is 10.6. The highest BCUT2D eigenvalue weighted by Crippen LogP contribution is 2.31. The van der Waals surface area contributed by atoms with Gasteiger partial charge in [0.25, 0.3) is 0 Å². The van der Waals surface area contributed by atoms with Gasteiger partial charge in [-0.15, -0.1) is 0 Å². The van der Waals surface area contributed by atoms with Crippen LogP contribution in [0.3, 0.4) is 0 Å². The molecule has 20 heavy (non-hydrogen) atoms. The van der Waals surface area contributed by atoms with Crippen molar-refractivity contribution >= 4 is 0 Å². The molecule has 2 nitrogen and oxygen atoms in total. The predicted octanol–water partition coefficient (Wildman–Crippen LogP) is 3.70. The summed E-state index contributed by atoms with van der Waals surface area (Å²) in [6, 6.07) is 8.87. The predicted molar refractivity (Wildman–Crippen MR) is 84.7 cm³/mol. The molecule has 1 saturated heterocycles. The minimum absolute atomic E-state index is 0.261. The topological polar surface area (TPSA) is 32.3 Å². The monoisotopic (exact) mass is 275 g/mol. The van der Waals surface area contributed by atoms with Crippen molar-refractivity contribution in [1.82, 2.24) is 5.32 Å². The van der Waals surface area contributed by atoms with Crippen LogP contribution in [0.4, 0.5) is 0 Å². The van der Waals surface area contributed by atoms with Crippen LogP contribution in [0.25, 0.3) is 0 Å². The van der Waals surface area contributed by atoms with E-state index in [0.717, 1.165) is 24.4 Å². The molecule has 1 aliphatic heterocycles. The van der Waals surface area contributed by atoms with Crippen LogP contribution < -0.4 is 5.32 Å². The minimum Gasteiger partial charge on any atom is -0.388 e. The van der Waals surface area contributed by atoms with E-state index >= 15 is 0 Å². The smallest absolute Gasteiger partial charge is 0.0830 e. The van der Waals surface area contributed by atoms with Gasteiger partial charge < -0.3 is 10.4 Å². The van der Waals surface area contributed by atoms with E-state index in [1.165, 1.54) is 24.8 Å². The van der Waals surface area contributed by atoms with Gasteiger partial charge >= 0.3 is 0 Å². The molecule has 1 aromatic carbocycles. The highest BCUT2D eigenvalue weighted by Gasteiger charge is 2.29. The molecule has 2 rings (SSSR count). The molecular weight excluding hydrogens is 246 g/mol. The molecule has 1 fully saturated rings. The molecule has 0 amide bonds. The number of piperidine rings is 1. The fourth-order valence-corrected chi connectivity index (χ4v) is 3.28. The summed E-state index contributed by atoms with van der Waals surface area (Å²) in [5.41, 5.74) is 2.38. The zero-order chi connectivity index (χ0) is 14.5. The third-order valence-electron chi connectivity index (χ3n) is 4.99. The molecule has 112 valence electrons. The molecule has 1 heterocycles. The third-order valence-corrected chi connectivity index (χ3v) is 4.99. The Kier molecular flexibility index (Phi) is 5.62. The second kappa shape index (κ2) is 7.24. The summed E-state index contributed by atoms with van der Waals surface area (Å²) in [5, 5.41) is 14.2. The van der Waals surface area contributed by atoms with E-state index in [2.05, 4.69) is 50.4 Å². The van der Waals surface area contributed by atoms with Crippen molar-refractivity contribution in [2.45, 2.75) is 58.6 Å². The number of hydrogen-bond acceptors (Lipinski definition) is 2. The molecular formula is C18H29NO. The first kappa shape index (κ1) is 15.5. The number of aryl methyl sites for hydroxylation is 1. The summed E-state index contributed by atoms with van der Waals surface area (Å²) in [5.74, 6) is 1.08. The van der Waals surface area contributed by atoms with Gasteiger partial charge in [0, 0.05) is 12.0 Å². The number of hydrogen-bond donors (Lipinski definition) is 2. The normalized spacial score (nSPS) is 26.2. The summed E-state index contributed by atoms with van der Waals surface area (Å²) in [4.78, 5) is 0. The number of nitrogens with one attached hydrogen (secondary N) is 1. The van der Waals surface area contributed by atoms with Crippen LogP contribution in [0.5, 0.6) is 0 Å². The standard InChI is InChI=1S/C18H29NO/c1-4-14-6-8-16(9-7-14)18(20)13(3)17-12-15(5-2)10-11-19-17/h6-9,13,15,17-20H,4-5,10-12H2,1-3H3. The molecule has 4 unspecified atom stereocenters. The van der Waals surface area contributed by atoms with Crippen LogP contribution in [-0.2, 0) is 6.42 Å². The summed E-state index contributed by atoms with van der Waals surface area (Å²) in [6.45, 7) is 7.70. The molecule has 4 atom stereocenters. The number of aliphatic hydroxyl groups is 1. The van der Waals surface area contributed by atoms with Gasteiger partial charge in [-0.25, -0.2) is 0 Å². The molecule has 0 spiro atoms. The average molecular weight is 275 g/mol. The number of benzene rings is 1. The molecule has 0 radical (unpaired) electrons. The summed E-state index contributed by atoms with van der Waals surface area (Å²) < 4.78 is 0. The van der Waals surface area contributed by atoms with Gasteiger partial charge in [0.2, 0.25) is 0 Å². The SMILES string of the molecule is CCc1ccc(C(O)C(C)C2CC(CC)CCN2)cc1. The zero-order valence-electron chi connectivity index (χ0n) is 13.1. The van der Waals surface area contributed by atoms with Crippen LogP contribution in [0.2, 0.25) is 0 Å². The Morgan fingerprint density at radius 2 is 1.95 bits per heavy atom. The van der Waals surface area contributed by atoms with E-state index in [9.17, 15) is 5.11 Å². The Balaban J connectivity index is 2.01. The molecule has 2 heteroatoms. The Morgan fingerprint density at radius 3 is 2.55 bits per heavy atom. The first-order valence-electron chi connectivity index (χ1n) is 8.16. The second-order valence-corrected chi connectivity index (χ2v) is 6.26. The van der Waals surface area contributed by atoms with E-state index < -0.39 is 0 Å². The Hall–Kier alpha value is -0.860. The van der Waals surface area contributed by atoms with E-state index in [4.69, 9.17) is 0 Å². The first-order chi connectivity index (χ1) is 9.65. The van der Waals surface area contributed by atoms with Crippen LogP contribution in [0, 0.1) is 11.8 Å². The van der Waals surface area contributed by atoms with E-state index in [0.29, 0.717) is 6.04 Å². The second-order valence-electron chi connectivity index (χ2n) is 6.26. The highest BCUT2D eigenvalue weighted by molar-refractivity contribution is 5.24. The van der Waals surface area contributed by atoms with Gasteiger partial charge in [-0.2, -0.15) is 0 Å².